The number of rotatable bonds is 3. The number of nitrogens with zero attached hydrogens (tertiary/aromatic N) is 1. The second kappa shape index (κ2) is 6.36. The predicted octanol–water partition coefficient (Wildman–Crippen LogP) is 2.84. The van der Waals surface area contributed by atoms with Crippen molar-refractivity contribution < 1.29 is 14.3 Å². The normalized spacial score (nSPS) is 21.1. The number of carboxylic acids is 1. The fraction of sp³-hybridized carbons (Fsp3) is 0.444. The van der Waals surface area contributed by atoms with Gasteiger partial charge in [-0.15, -0.1) is 0 Å². The van der Waals surface area contributed by atoms with Gasteiger partial charge in [0.15, 0.2) is 0 Å². The lowest BCUT2D eigenvalue weighted by Crippen LogP contribution is -2.26. The summed E-state index contributed by atoms with van der Waals surface area (Å²) in [6.45, 7) is 2.36. The number of halogens is 1. The van der Waals surface area contributed by atoms with Gasteiger partial charge in [0.2, 0.25) is 5.43 Å². The summed E-state index contributed by atoms with van der Waals surface area (Å²) in [5, 5.41) is 9.29. The smallest absolute Gasteiger partial charge is 0.341 e. The number of hydrogen-bond donors (Lipinski definition) is 2. The minimum absolute atomic E-state index is 0.0914. The molecular formula is C18H21FN2O3. The van der Waals surface area contributed by atoms with E-state index in [-0.39, 0.29) is 22.9 Å². The molecule has 1 aromatic heterocycles. The number of pyridine rings is 1. The first-order valence-electron chi connectivity index (χ1n) is 8.27. The number of carbonyl (C=O) groups is 1. The van der Waals surface area contributed by atoms with Crippen molar-refractivity contribution in [3.05, 3.63) is 45.5 Å². The van der Waals surface area contributed by atoms with Gasteiger partial charge in [0.05, 0.1) is 5.52 Å². The summed E-state index contributed by atoms with van der Waals surface area (Å²) in [6, 6.07) is 3.08. The van der Waals surface area contributed by atoms with Crippen LogP contribution in [0.25, 0.3) is 10.9 Å². The molecule has 0 saturated heterocycles. The van der Waals surface area contributed by atoms with E-state index < -0.39 is 17.2 Å². The highest BCUT2D eigenvalue weighted by Gasteiger charge is 2.24. The maximum absolute atomic E-state index is 14.6. The van der Waals surface area contributed by atoms with E-state index >= 15 is 0 Å². The van der Waals surface area contributed by atoms with Crippen molar-refractivity contribution in [2.75, 3.05) is 0 Å². The largest absolute Gasteiger partial charge is 0.477 e. The van der Waals surface area contributed by atoms with Crippen LogP contribution >= 0.6 is 0 Å². The van der Waals surface area contributed by atoms with Crippen LogP contribution in [0.1, 0.15) is 54.4 Å². The molecule has 5 nitrogen and oxygen atoms in total. The quantitative estimate of drug-likeness (QED) is 0.905. The van der Waals surface area contributed by atoms with Crippen LogP contribution in [0.2, 0.25) is 0 Å². The molecule has 3 N–H and O–H groups in total. The van der Waals surface area contributed by atoms with E-state index in [0.29, 0.717) is 17.6 Å². The number of aromatic carboxylic acids is 1. The molecule has 0 spiro atoms. The van der Waals surface area contributed by atoms with Gasteiger partial charge >= 0.3 is 5.97 Å². The van der Waals surface area contributed by atoms with E-state index in [1.807, 2.05) is 6.92 Å². The minimum Gasteiger partial charge on any atom is -0.477 e. The zero-order valence-electron chi connectivity index (χ0n) is 13.6. The Morgan fingerprint density at radius 2 is 2.00 bits per heavy atom. The van der Waals surface area contributed by atoms with Crippen LogP contribution < -0.4 is 11.2 Å². The summed E-state index contributed by atoms with van der Waals surface area (Å²) in [6.07, 6.45) is 4.72. The molecule has 0 amide bonds. The van der Waals surface area contributed by atoms with Gasteiger partial charge in [-0.2, -0.15) is 0 Å². The SMILES string of the molecule is CCn1cc(C(=O)O)c(=O)c2cc(F)c(C3CCC(N)CC3)cc21. The molecule has 0 bridgehead atoms. The molecule has 24 heavy (non-hydrogen) atoms. The maximum atomic E-state index is 14.6. The van der Waals surface area contributed by atoms with Gasteiger partial charge < -0.3 is 15.4 Å². The first-order valence-corrected chi connectivity index (χ1v) is 8.27. The lowest BCUT2D eigenvalue weighted by Gasteiger charge is -2.27. The van der Waals surface area contributed by atoms with E-state index in [1.54, 1.807) is 10.6 Å². The van der Waals surface area contributed by atoms with Gasteiger partial charge in [0, 0.05) is 24.2 Å². The molecule has 128 valence electrons. The van der Waals surface area contributed by atoms with Crippen molar-refractivity contribution in [3.63, 3.8) is 0 Å². The van der Waals surface area contributed by atoms with Crippen molar-refractivity contribution in [2.45, 2.75) is 51.1 Å². The number of hydrogen-bond acceptors (Lipinski definition) is 3. The van der Waals surface area contributed by atoms with Crippen molar-refractivity contribution in [2.24, 2.45) is 5.73 Å². The molecule has 1 aliphatic carbocycles. The summed E-state index contributed by atoms with van der Waals surface area (Å²) in [4.78, 5) is 23.6. The van der Waals surface area contributed by atoms with Crippen molar-refractivity contribution in [1.29, 1.82) is 0 Å². The molecule has 0 atom stereocenters. The Kier molecular flexibility index (Phi) is 4.41. The van der Waals surface area contributed by atoms with Crippen LogP contribution in [0, 0.1) is 5.82 Å². The molecule has 3 rings (SSSR count). The fourth-order valence-electron chi connectivity index (χ4n) is 3.58. The molecule has 1 heterocycles. The first-order chi connectivity index (χ1) is 11.4. The lowest BCUT2D eigenvalue weighted by atomic mass is 9.81. The van der Waals surface area contributed by atoms with Gasteiger partial charge in [-0.3, -0.25) is 4.79 Å². The molecule has 1 saturated carbocycles. The Hall–Kier alpha value is -2.21. The van der Waals surface area contributed by atoms with Gasteiger partial charge in [-0.05, 0) is 56.2 Å². The number of carboxylic acid groups (broad SMARTS) is 1. The lowest BCUT2D eigenvalue weighted by molar-refractivity contribution is 0.0695. The third kappa shape index (κ3) is 2.82. The second-order valence-corrected chi connectivity index (χ2v) is 6.47. The Morgan fingerprint density at radius 3 is 2.58 bits per heavy atom. The number of benzene rings is 1. The standard InChI is InChI=1S/C18H21FN2O3/c1-2-21-9-14(18(23)24)17(22)13-7-15(19)12(8-16(13)21)10-3-5-11(20)6-4-10/h7-11H,2-6,20H2,1H3,(H,23,24). The Bertz CT molecular complexity index is 851. The van der Waals surface area contributed by atoms with E-state index in [0.717, 1.165) is 25.7 Å². The molecule has 0 unspecified atom stereocenters. The topological polar surface area (TPSA) is 85.3 Å². The van der Waals surface area contributed by atoms with Gasteiger partial charge in [0.1, 0.15) is 11.4 Å². The average molecular weight is 332 g/mol. The highest BCUT2D eigenvalue weighted by atomic mass is 19.1. The molecule has 6 heteroatoms. The van der Waals surface area contributed by atoms with Crippen LogP contribution in [0.15, 0.2) is 23.1 Å². The molecule has 1 fully saturated rings. The fourth-order valence-corrected chi connectivity index (χ4v) is 3.58. The molecule has 2 aromatic rings. The zero-order chi connectivity index (χ0) is 17.4. The third-order valence-corrected chi connectivity index (χ3v) is 4.98. The van der Waals surface area contributed by atoms with Crippen molar-refractivity contribution in [3.8, 4) is 0 Å². The van der Waals surface area contributed by atoms with Crippen molar-refractivity contribution in [1.82, 2.24) is 4.57 Å². The third-order valence-electron chi connectivity index (χ3n) is 4.98. The van der Waals surface area contributed by atoms with Gasteiger partial charge in [-0.1, -0.05) is 0 Å². The maximum Gasteiger partial charge on any atom is 0.341 e. The predicted molar refractivity (Wildman–Crippen MR) is 90.0 cm³/mol. The summed E-state index contributed by atoms with van der Waals surface area (Å²) in [5.74, 6) is -1.64. The highest BCUT2D eigenvalue weighted by molar-refractivity contribution is 5.92. The molecule has 0 aliphatic heterocycles. The van der Waals surface area contributed by atoms with Crippen LogP contribution in [0.3, 0.4) is 0 Å². The number of nitrogens with two attached hydrogens (primary N) is 1. The Labute approximate surface area is 138 Å². The molecule has 1 aromatic carbocycles. The van der Waals surface area contributed by atoms with Gasteiger partial charge in [0.25, 0.3) is 0 Å². The van der Waals surface area contributed by atoms with E-state index in [9.17, 15) is 19.1 Å². The first kappa shape index (κ1) is 16.6. The van der Waals surface area contributed by atoms with E-state index in [4.69, 9.17) is 5.73 Å². The molecule has 0 radical (unpaired) electrons. The number of aromatic nitrogens is 1. The summed E-state index contributed by atoms with van der Waals surface area (Å²) in [5.41, 5.74) is 6.12. The van der Waals surface area contributed by atoms with Crippen LogP contribution in [0.5, 0.6) is 0 Å². The molecule has 1 aliphatic rings. The summed E-state index contributed by atoms with van der Waals surface area (Å²) in [7, 11) is 0. The zero-order valence-corrected chi connectivity index (χ0v) is 13.6. The summed E-state index contributed by atoms with van der Waals surface area (Å²) < 4.78 is 16.3. The van der Waals surface area contributed by atoms with Crippen LogP contribution in [-0.4, -0.2) is 21.7 Å². The summed E-state index contributed by atoms with van der Waals surface area (Å²) >= 11 is 0. The number of aryl methyl sites for hydroxylation is 1. The minimum atomic E-state index is -1.30. The van der Waals surface area contributed by atoms with Crippen LogP contribution in [0.4, 0.5) is 4.39 Å². The molecular weight excluding hydrogens is 311 g/mol. The Morgan fingerprint density at radius 1 is 1.33 bits per heavy atom. The highest BCUT2D eigenvalue weighted by Crippen LogP contribution is 2.35. The van der Waals surface area contributed by atoms with Gasteiger partial charge in [-0.25, -0.2) is 9.18 Å². The monoisotopic (exact) mass is 332 g/mol. The van der Waals surface area contributed by atoms with Crippen LogP contribution in [-0.2, 0) is 6.54 Å². The van der Waals surface area contributed by atoms with E-state index in [2.05, 4.69) is 0 Å². The van der Waals surface area contributed by atoms with Crippen molar-refractivity contribution >= 4 is 16.9 Å². The van der Waals surface area contributed by atoms with E-state index in [1.165, 1.54) is 12.3 Å². The Balaban J connectivity index is 2.18. The average Bonchev–Trinajstić information content (AvgIpc) is 2.56. The second-order valence-electron chi connectivity index (χ2n) is 6.47. The number of fused-ring (bicyclic) bond motifs is 1.